The third-order valence-electron chi connectivity index (χ3n) is 3.29. The lowest BCUT2D eigenvalue weighted by Gasteiger charge is -2.23. The van der Waals surface area contributed by atoms with E-state index in [1.54, 1.807) is 12.3 Å². The van der Waals surface area contributed by atoms with Crippen molar-refractivity contribution in [1.29, 1.82) is 0 Å². The number of sulfone groups is 1. The zero-order chi connectivity index (χ0) is 15.0. The summed E-state index contributed by atoms with van der Waals surface area (Å²) in [6.07, 6.45) is 1.31. The fourth-order valence-corrected chi connectivity index (χ4v) is 5.39. The van der Waals surface area contributed by atoms with Crippen LogP contribution in [-0.2, 0) is 16.3 Å². The van der Waals surface area contributed by atoms with Gasteiger partial charge in [0.1, 0.15) is 5.69 Å². The molecule has 1 aliphatic rings. The number of amides is 1. The highest BCUT2D eigenvalue weighted by Crippen LogP contribution is 2.23. The molecule has 2 rings (SSSR count). The Bertz CT molecular complexity index is 607. The van der Waals surface area contributed by atoms with Gasteiger partial charge in [-0.1, -0.05) is 13.8 Å². The smallest absolute Gasteiger partial charge is 0.271 e. The molecule has 2 heterocycles. The Kier molecular flexibility index (Phi) is 4.20. The van der Waals surface area contributed by atoms with E-state index in [2.05, 4.69) is 24.1 Å². The Labute approximate surface area is 123 Å². The second-order valence-corrected chi connectivity index (χ2v) is 9.21. The monoisotopic (exact) mass is 316 g/mol. The zero-order valence-corrected chi connectivity index (χ0v) is 13.6. The summed E-state index contributed by atoms with van der Waals surface area (Å²) in [6.45, 7) is 5.98. The minimum atomic E-state index is -3.02. The van der Waals surface area contributed by atoms with Crippen LogP contribution >= 0.6 is 11.3 Å². The van der Waals surface area contributed by atoms with Crippen LogP contribution < -0.4 is 5.32 Å². The van der Waals surface area contributed by atoms with Crippen molar-refractivity contribution in [2.75, 3.05) is 11.5 Å². The van der Waals surface area contributed by atoms with Crippen molar-refractivity contribution in [3.8, 4) is 0 Å². The normalized spacial score (nSPS) is 25.0. The van der Waals surface area contributed by atoms with E-state index in [1.807, 2.05) is 0 Å². The van der Waals surface area contributed by atoms with E-state index in [0.717, 1.165) is 11.4 Å². The highest BCUT2D eigenvalue weighted by atomic mass is 32.2. The molecule has 1 unspecified atom stereocenters. The lowest BCUT2D eigenvalue weighted by molar-refractivity contribution is 0.0910. The Morgan fingerprint density at radius 1 is 1.55 bits per heavy atom. The van der Waals surface area contributed by atoms with Crippen LogP contribution in [0.5, 0.6) is 0 Å². The number of thiazole rings is 1. The number of carbonyl (C=O) groups excluding carboxylic acids is 1. The first-order valence-electron chi connectivity index (χ1n) is 6.66. The molecule has 1 aliphatic heterocycles. The highest BCUT2D eigenvalue weighted by Gasteiger charge is 2.39. The summed E-state index contributed by atoms with van der Waals surface area (Å²) in [7, 11) is -3.02. The van der Waals surface area contributed by atoms with E-state index < -0.39 is 15.4 Å². The molecular formula is C13H20N2O3S2. The molecule has 0 aliphatic carbocycles. The summed E-state index contributed by atoms with van der Waals surface area (Å²) >= 11 is 1.47. The van der Waals surface area contributed by atoms with Gasteiger partial charge < -0.3 is 5.32 Å². The van der Waals surface area contributed by atoms with Gasteiger partial charge in [0.15, 0.2) is 9.84 Å². The van der Waals surface area contributed by atoms with E-state index in [-0.39, 0.29) is 17.4 Å². The third-order valence-corrected chi connectivity index (χ3v) is 6.06. The van der Waals surface area contributed by atoms with Crippen LogP contribution in [0.15, 0.2) is 5.38 Å². The predicted molar refractivity (Wildman–Crippen MR) is 79.8 cm³/mol. The van der Waals surface area contributed by atoms with Gasteiger partial charge in [0.2, 0.25) is 0 Å². The maximum Gasteiger partial charge on any atom is 0.271 e. The third kappa shape index (κ3) is 3.79. The number of hydrogen-bond donors (Lipinski definition) is 1. The van der Waals surface area contributed by atoms with Crippen molar-refractivity contribution in [3.05, 3.63) is 16.1 Å². The molecule has 112 valence electrons. The molecule has 0 saturated carbocycles. The van der Waals surface area contributed by atoms with Crippen molar-refractivity contribution in [3.63, 3.8) is 0 Å². The maximum atomic E-state index is 12.2. The largest absolute Gasteiger partial charge is 0.344 e. The van der Waals surface area contributed by atoms with Gasteiger partial charge in [-0.3, -0.25) is 4.79 Å². The van der Waals surface area contributed by atoms with Crippen molar-refractivity contribution in [2.24, 2.45) is 5.92 Å². The van der Waals surface area contributed by atoms with Crippen LogP contribution in [0.25, 0.3) is 0 Å². The van der Waals surface area contributed by atoms with Gasteiger partial charge in [-0.15, -0.1) is 11.3 Å². The first-order chi connectivity index (χ1) is 9.19. The first kappa shape index (κ1) is 15.4. The standard InChI is InChI=1S/C13H20N2O3S2/c1-9(2)6-11-14-10(7-19-11)12(16)15-13(3)4-5-20(17,18)8-13/h7,9H,4-6,8H2,1-3H3,(H,15,16). The maximum absolute atomic E-state index is 12.2. The molecule has 20 heavy (non-hydrogen) atoms. The minimum absolute atomic E-state index is 0.00866. The van der Waals surface area contributed by atoms with E-state index in [4.69, 9.17) is 0 Å². The van der Waals surface area contributed by atoms with Gasteiger partial charge in [0, 0.05) is 11.8 Å². The van der Waals surface area contributed by atoms with Gasteiger partial charge >= 0.3 is 0 Å². The van der Waals surface area contributed by atoms with Crippen LogP contribution in [-0.4, -0.2) is 36.4 Å². The lowest BCUT2D eigenvalue weighted by atomic mass is 10.0. The van der Waals surface area contributed by atoms with Crippen molar-refractivity contribution >= 4 is 27.1 Å². The molecule has 1 fully saturated rings. The topological polar surface area (TPSA) is 76.1 Å². The SMILES string of the molecule is CC(C)Cc1nc(C(=O)NC2(C)CCS(=O)(=O)C2)cs1. The average molecular weight is 316 g/mol. The van der Waals surface area contributed by atoms with E-state index in [0.29, 0.717) is 18.0 Å². The molecule has 1 amide bonds. The molecule has 0 radical (unpaired) electrons. The number of nitrogens with zero attached hydrogens (tertiary/aromatic N) is 1. The van der Waals surface area contributed by atoms with E-state index in [1.165, 1.54) is 11.3 Å². The second-order valence-electron chi connectivity index (χ2n) is 6.08. The number of aromatic nitrogens is 1. The van der Waals surface area contributed by atoms with Crippen molar-refractivity contribution in [1.82, 2.24) is 10.3 Å². The molecular weight excluding hydrogens is 296 g/mol. The lowest BCUT2D eigenvalue weighted by Crippen LogP contribution is -2.47. The van der Waals surface area contributed by atoms with Crippen LogP contribution in [0.4, 0.5) is 0 Å². The van der Waals surface area contributed by atoms with Crippen molar-refractivity contribution in [2.45, 2.75) is 39.2 Å². The van der Waals surface area contributed by atoms with Crippen LogP contribution in [0, 0.1) is 5.92 Å². The molecule has 0 spiro atoms. The summed E-state index contributed by atoms with van der Waals surface area (Å²) in [5, 5.41) is 5.50. The molecule has 0 bridgehead atoms. The molecule has 5 nitrogen and oxygen atoms in total. The van der Waals surface area contributed by atoms with Gasteiger partial charge in [-0.05, 0) is 19.3 Å². The Morgan fingerprint density at radius 2 is 2.25 bits per heavy atom. The van der Waals surface area contributed by atoms with Gasteiger partial charge in [0.25, 0.3) is 5.91 Å². The number of rotatable bonds is 4. The summed E-state index contributed by atoms with van der Waals surface area (Å²) in [6, 6.07) is 0. The van der Waals surface area contributed by atoms with Crippen LogP contribution in [0.1, 0.15) is 42.7 Å². The number of hydrogen-bond acceptors (Lipinski definition) is 5. The fourth-order valence-electron chi connectivity index (χ4n) is 2.31. The van der Waals surface area contributed by atoms with E-state index in [9.17, 15) is 13.2 Å². The quantitative estimate of drug-likeness (QED) is 0.916. The fraction of sp³-hybridized carbons (Fsp3) is 0.692. The van der Waals surface area contributed by atoms with Crippen LogP contribution in [0.3, 0.4) is 0 Å². The predicted octanol–water partition coefficient (Wildman–Crippen LogP) is 1.65. The Morgan fingerprint density at radius 3 is 2.80 bits per heavy atom. The van der Waals surface area contributed by atoms with Gasteiger partial charge in [-0.2, -0.15) is 0 Å². The summed E-state index contributed by atoms with van der Waals surface area (Å²) < 4.78 is 23.0. The molecule has 7 heteroatoms. The highest BCUT2D eigenvalue weighted by molar-refractivity contribution is 7.91. The van der Waals surface area contributed by atoms with Crippen LogP contribution in [0.2, 0.25) is 0 Å². The molecule has 1 aromatic heterocycles. The molecule has 0 aromatic carbocycles. The zero-order valence-electron chi connectivity index (χ0n) is 12.0. The minimum Gasteiger partial charge on any atom is -0.344 e. The summed E-state index contributed by atoms with van der Waals surface area (Å²) in [5.74, 6) is 0.360. The molecule has 1 atom stereocenters. The average Bonchev–Trinajstić information content (AvgIpc) is 2.83. The number of carbonyl (C=O) groups is 1. The Balaban J connectivity index is 2.03. The van der Waals surface area contributed by atoms with E-state index >= 15 is 0 Å². The van der Waals surface area contributed by atoms with Crippen molar-refractivity contribution < 1.29 is 13.2 Å². The molecule has 1 saturated heterocycles. The molecule has 1 N–H and O–H groups in total. The molecule has 1 aromatic rings. The first-order valence-corrected chi connectivity index (χ1v) is 9.37. The van der Waals surface area contributed by atoms with Gasteiger partial charge in [0.05, 0.1) is 22.1 Å². The summed E-state index contributed by atoms with van der Waals surface area (Å²) in [4.78, 5) is 16.5. The number of nitrogens with one attached hydrogen (secondary N) is 1. The Hall–Kier alpha value is -0.950. The van der Waals surface area contributed by atoms with Gasteiger partial charge in [-0.25, -0.2) is 13.4 Å². The summed E-state index contributed by atoms with van der Waals surface area (Å²) in [5.41, 5.74) is -0.284. The second kappa shape index (κ2) is 5.44.